The average Bonchev–Trinajstić information content (AvgIpc) is 3.04. The molecule has 0 saturated carbocycles. The molecule has 4 nitrogen and oxygen atoms in total. The van der Waals surface area contributed by atoms with Crippen LogP contribution in [0.3, 0.4) is 0 Å². The van der Waals surface area contributed by atoms with Gasteiger partial charge in [-0.05, 0) is 134 Å². The Morgan fingerprint density at radius 3 is 1.05 bits per heavy atom. The van der Waals surface area contributed by atoms with Crippen LogP contribution in [0.5, 0.6) is 23.0 Å². The molecule has 0 radical (unpaired) electrons. The third-order valence-corrected chi connectivity index (χ3v) is 11.0. The molecule has 0 aromatic heterocycles. The minimum Gasteiger partial charge on any atom is -0.508 e. The van der Waals surface area contributed by atoms with Gasteiger partial charge in [0.1, 0.15) is 23.0 Å². The van der Waals surface area contributed by atoms with Gasteiger partial charge >= 0.3 is 0 Å². The summed E-state index contributed by atoms with van der Waals surface area (Å²) in [5, 5.41) is 43.0. The average molecular weight is 751 g/mol. The highest BCUT2D eigenvalue weighted by molar-refractivity contribution is 5.55. The van der Waals surface area contributed by atoms with E-state index in [1.54, 1.807) is 0 Å². The minimum atomic E-state index is -0.131. The fourth-order valence-electron chi connectivity index (χ4n) is 7.69. The van der Waals surface area contributed by atoms with Gasteiger partial charge in [0.15, 0.2) is 0 Å². The molecule has 0 aliphatic carbocycles. The molecule has 0 aliphatic heterocycles. The molecule has 4 aromatic carbocycles. The SMILES string of the molecule is CCCC(c1cc(C(C)(C)C)c(O)cc1C)c1cc(C(C)(C)C)c(O)cc1C.CCc1cc(Cc2cc(CC)cc(C(C)(C)C)c2O)c(O)c(C(C)(C)C)c1. The Hall–Kier alpha value is -3.92. The first-order chi connectivity index (χ1) is 25.1. The van der Waals surface area contributed by atoms with Crippen molar-refractivity contribution in [3.05, 3.63) is 115 Å². The molecular formula is C51H74O4. The molecule has 0 heterocycles. The van der Waals surface area contributed by atoms with Crippen molar-refractivity contribution < 1.29 is 20.4 Å². The normalized spacial score (nSPS) is 12.5. The zero-order chi connectivity index (χ0) is 42.0. The molecule has 0 fully saturated rings. The fraction of sp³-hybridized carbons (Fsp3) is 0.529. The number of benzene rings is 4. The van der Waals surface area contributed by atoms with Crippen LogP contribution in [0, 0.1) is 13.8 Å². The third kappa shape index (κ3) is 10.9. The summed E-state index contributed by atoms with van der Waals surface area (Å²) in [6.45, 7) is 36.2. The molecule has 0 aliphatic rings. The van der Waals surface area contributed by atoms with Gasteiger partial charge in [-0.15, -0.1) is 0 Å². The van der Waals surface area contributed by atoms with E-state index < -0.39 is 0 Å². The Bertz CT molecular complexity index is 1810. The standard InChI is InChI=1S/C26H38O2.C25H36O2/c1-10-11-18(19-14-21(25(4,5)6)23(27)12-16(19)2)20-15-22(26(7,8)9)24(28)13-17(20)3;1-9-16-11-18(22(26)20(13-16)24(3,4)5)15-19-12-17(10-2)14-21(23(19)27)25(6,7)8/h12-15,18,27-28H,10-11H2,1-9H3;11-14,26-27H,9-10,15H2,1-8H3. The van der Waals surface area contributed by atoms with Gasteiger partial charge in [-0.1, -0.05) is 147 Å². The summed E-state index contributed by atoms with van der Waals surface area (Å²) in [7, 11) is 0. The Kier molecular flexibility index (Phi) is 14.1. The molecule has 4 rings (SSSR count). The van der Waals surface area contributed by atoms with Crippen molar-refractivity contribution in [1.29, 1.82) is 0 Å². The lowest BCUT2D eigenvalue weighted by Crippen LogP contribution is -2.16. The Morgan fingerprint density at radius 2 is 0.782 bits per heavy atom. The molecule has 4 N–H and O–H groups in total. The topological polar surface area (TPSA) is 80.9 Å². The predicted octanol–water partition coefficient (Wildman–Crippen LogP) is 13.7. The summed E-state index contributed by atoms with van der Waals surface area (Å²) in [6, 6.07) is 16.6. The molecule has 0 amide bonds. The van der Waals surface area contributed by atoms with Crippen molar-refractivity contribution in [3.63, 3.8) is 0 Å². The quantitative estimate of drug-likeness (QED) is 0.145. The maximum absolute atomic E-state index is 11.0. The lowest BCUT2D eigenvalue weighted by molar-refractivity contribution is 0.435. The van der Waals surface area contributed by atoms with Crippen LogP contribution in [0.4, 0.5) is 0 Å². The van der Waals surface area contributed by atoms with E-state index in [-0.39, 0.29) is 27.6 Å². The van der Waals surface area contributed by atoms with Crippen LogP contribution in [0.15, 0.2) is 48.5 Å². The van der Waals surface area contributed by atoms with E-state index in [0.717, 1.165) is 70.2 Å². The monoisotopic (exact) mass is 751 g/mol. The van der Waals surface area contributed by atoms with Gasteiger partial charge in [0.05, 0.1) is 0 Å². The van der Waals surface area contributed by atoms with Gasteiger partial charge in [-0.25, -0.2) is 0 Å². The van der Waals surface area contributed by atoms with E-state index >= 15 is 0 Å². The van der Waals surface area contributed by atoms with Crippen molar-refractivity contribution >= 4 is 0 Å². The lowest BCUT2D eigenvalue weighted by Gasteiger charge is -2.29. The van der Waals surface area contributed by atoms with Crippen LogP contribution in [-0.4, -0.2) is 20.4 Å². The summed E-state index contributed by atoms with van der Waals surface area (Å²) in [5.41, 5.74) is 12.4. The lowest BCUT2D eigenvalue weighted by atomic mass is 9.76. The second kappa shape index (κ2) is 17.1. The highest BCUT2D eigenvalue weighted by Gasteiger charge is 2.28. The summed E-state index contributed by atoms with van der Waals surface area (Å²) in [5.74, 6) is 1.72. The summed E-state index contributed by atoms with van der Waals surface area (Å²) < 4.78 is 0. The fourth-order valence-corrected chi connectivity index (χ4v) is 7.69. The molecule has 0 unspecified atom stereocenters. The van der Waals surface area contributed by atoms with E-state index in [9.17, 15) is 20.4 Å². The molecule has 4 aromatic rings. The van der Waals surface area contributed by atoms with Gasteiger partial charge in [0.25, 0.3) is 0 Å². The number of hydrogen-bond donors (Lipinski definition) is 4. The molecule has 0 bridgehead atoms. The number of phenols is 4. The number of rotatable bonds is 8. The smallest absolute Gasteiger partial charge is 0.122 e. The van der Waals surface area contributed by atoms with Gasteiger partial charge in [-0.2, -0.15) is 0 Å². The predicted molar refractivity (Wildman–Crippen MR) is 235 cm³/mol. The first kappa shape index (κ1) is 45.5. The second-order valence-corrected chi connectivity index (χ2v) is 20.0. The molecular weight excluding hydrogens is 677 g/mol. The molecule has 302 valence electrons. The van der Waals surface area contributed by atoms with Crippen LogP contribution < -0.4 is 0 Å². The zero-order valence-electron chi connectivity index (χ0n) is 37.5. The zero-order valence-corrected chi connectivity index (χ0v) is 37.5. The second-order valence-electron chi connectivity index (χ2n) is 20.0. The molecule has 0 atom stereocenters. The van der Waals surface area contributed by atoms with E-state index in [1.165, 1.54) is 22.3 Å². The third-order valence-electron chi connectivity index (χ3n) is 11.0. The maximum atomic E-state index is 11.0. The van der Waals surface area contributed by atoms with Crippen LogP contribution in [0.2, 0.25) is 0 Å². The summed E-state index contributed by atoms with van der Waals surface area (Å²) in [4.78, 5) is 0. The van der Waals surface area contributed by atoms with Crippen molar-refractivity contribution in [2.75, 3.05) is 0 Å². The molecule has 55 heavy (non-hydrogen) atoms. The largest absolute Gasteiger partial charge is 0.508 e. The van der Waals surface area contributed by atoms with Crippen LogP contribution in [-0.2, 0) is 40.9 Å². The van der Waals surface area contributed by atoms with Gasteiger partial charge in [0.2, 0.25) is 0 Å². The number of aromatic hydroxyl groups is 4. The number of hydrogen-bond acceptors (Lipinski definition) is 4. The molecule has 4 heteroatoms. The molecule has 0 spiro atoms. The van der Waals surface area contributed by atoms with Crippen molar-refractivity contribution in [2.45, 2.75) is 177 Å². The molecule has 0 saturated heterocycles. The van der Waals surface area contributed by atoms with Crippen LogP contribution in [0.1, 0.15) is 189 Å². The summed E-state index contributed by atoms with van der Waals surface area (Å²) in [6.07, 6.45) is 4.48. The number of aryl methyl sites for hydroxylation is 4. The van der Waals surface area contributed by atoms with Gasteiger partial charge < -0.3 is 20.4 Å². The van der Waals surface area contributed by atoms with E-state index in [2.05, 4.69) is 154 Å². The highest BCUT2D eigenvalue weighted by atomic mass is 16.3. The van der Waals surface area contributed by atoms with E-state index in [1.807, 2.05) is 12.1 Å². The van der Waals surface area contributed by atoms with Crippen molar-refractivity contribution in [2.24, 2.45) is 0 Å². The summed E-state index contributed by atoms with van der Waals surface area (Å²) >= 11 is 0. The highest BCUT2D eigenvalue weighted by Crippen LogP contribution is 2.43. The van der Waals surface area contributed by atoms with Gasteiger partial charge in [-0.3, -0.25) is 0 Å². The Labute approximate surface area is 335 Å². The minimum absolute atomic E-state index is 0.121. The van der Waals surface area contributed by atoms with E-state index in [0.29, 0.717) is 29.4 Å². The first-order valence-electron chi connectivity index (χ1n) is 20.5. The number of phenolic OH excluding ortho intramolecular Hbond substituents is 4. The van der Waals surface area contributed by atoms with Crippen molar-refractivity contribution in [1.82, 2.24) is 0 Å². The van der Waals surface area contributed by atoms with Crippen molar-refractivity contribution in [3.8, 4) is 23.0 Å². The van der Waals surface area contributed by atoms with Crippen LogP contribution >= 0.6 is 0 Å². The first-order valence-corrected chi connectivity index (χ1v) is 20.5. The Morgan fingerprint density at radius 1 is 0.455 bits per heavy atom. The maximum Gasteiger partial charge on any atom is 0.122 e. The van der Waals surface area contributed by atoms with E-state index in [4.69, 9.17) is 0 Å². The Balaban J connectivity index is 0.000000296. The van der Waals surface area contributed by atoms with Crippen LogP contribution in [0.25, 0.3) is 0 Å². The van der Waals surface area contributed by atoms with Gasteiger partial charge in [0, 0.05) is 12.3 Å².